The topological polar surface area (TPSA) is 91.2 Å². The van der Waals surface area contributed by atoms with Gasteiger partial charge >= 0.3 is 6.18 Å². The van der Waals surface area contributed by atoms with Crippen molar-refractivity contribution in [3.8, 4) is 22.3 Å². The van der Waals surface area contributed by atoms with Crippen molar-refractivity contribution < 1.29 is 26.3 Å². The van der Waals surface area contributed by atoms with Crippen LogP contribution in [0.2, 0.25) is 0 Å². The fraction of sp³-hybridized carbons (Fsp3) is 0.292. The number of halogens is 3. The lowest BCUT2D eigenvalue weighted by Crippen LogP contribution is -2.35. The summed E-state index contributed by atoms with van der Waals surface area (Å²) in [6.45, 7) is 2.70. The molecule has 184 valence electrons. The molecule has 0 radical (unpaired) electrons. The van der Waals surface area contributed by atoms with Crippen LogP contribution in [0.4, 0.5) is 18.9 Å². The first-order valence-corrected chi connectivity index (χ1v) is 13.0. The zero-order valence-electron chi connectivity index (χ0n) is 18.6. The third kappa shape index (κ3) is 5.61. The number of sulfonamides is 1. The van der Waals surface area contributed by atoms with Crippen molar-refractivity contribution in [3.05, 3.63) is 65.7 Å². The molecule has 11 heteroatoms. The van der Waals surface area contributed by atoms with Crippen LogP contribution in [0.1, 0.15) is 24.5 Å². The Morgan fingerprint density at radius 2 is 1.97 bits per heavy atom. The molecule has 35 heavy (non-hydrogen) atoms. The second-order valence-electron chi connectivity index (χ2n) is 8.40. The molecule has 1 atom stereocenters. The molecule has 0 saturated carbocycles. The number of thiophene rings is 1. The first kappa shape index (κ1) is 25.0. The Labute approximate surface area is 205 Å². The van der Waals surface area contributed by atoms with Crippen molar-refractivity contribution in [2.24, 2.45) is 0 Å². The van der Waals surface area contributed by atoms with Gasteiger partial charge in [0.2, 0.25) is 0 Å². The standard InChI is InChI=1S/C24H22F3N3O3S2/c1-23(11-13-29-15-23)33-20-14-17(6-7-19(20)24(25,26)27)30-35(31,32)22-9-8-21(34-22)18-5-3-2-4-16(18)10-12-28/h2-9,14,29-30H,10-11,13,15H2,1H3/t23-/m1/s1. The highest BCUT2D eigenvalue weighted by atomic mass is 32.2. The number of anilines is 1. The molecule has 0 bridgehead atoms. The zero-order chi connectivity index (χ0) is 25.3. The van der Waals surface area contributed by atoms with Crippen molar-refractivity contribution in [2.45, 2.75) is 35.8 Å². The molecule has 4 rings (SSSR count). The van der Waals surface area contributed by atoms with Crippen LogP contribution in [0.25, 0.3) is 10.4 Å². The Bertz CT molecular complexity index is 1370. The van der Waals surface area contributed by atoms with E-state index in [1.54, 1.807) is 37.3 Å². The SMILES string of the molecule is C[C@@]1(Oc2cc(NS(=O)(=O)c3ccc(-c4ccccc4CC#N)s3)ccc2C(F)(F)F)CCNC1. The van der Waals surface area contributed by atoms with Gasteiger partial charge < -0.3 is 10.1 Å². The van der Waals surface area contributed by atoms with E-state index in [2.05, 4.69) is 16.1 Å². The van der Waals surface area contributed by atoms with Crippen molar-refractivity contribution >= 4 is 27.0 Å². The van der Waals surface area contributed by atoms with Crippen LogP contribution < -0.4 is 14.8 Å². The van der Waals surface area contributed by atoms with Gasteiger partial charge in [0, 0.05) is 23.9 Å². The van der Waals surface area contributed by atoms with Gasteiger partial charge in [0.15, 0.2) is 0 Å². The maximum Gasteiger partial charge on any atom is 0.419 e. The summed E-state index contributed by atoms with van der Waals surface area (Å²) >= 11 is 1.01. The minimum Gasteiger partial charge on any atom is -0.485 e. The van der Waals surface area contributed by atoms with Crippen molar-refractivity contribution in [1.29, 1.82) is 5.26 Å². The molecule has 2 heterocycles. The van der Waals surface area contributed by atoms with Crippen molar-refractivity contribution in [2.75, 3.05) is 17.8 Å². The van der Waals surface area contributed by atoms with Gasteiger partial charge in [0.1, 0.15) is 15.6 Å². The Balaban J connectivity index is 1.63. The molecule has 1 saturated heterocycles. The van der Waals surface area contributed by atoms with Gasteiger partial charge in [-0.25, -0.2) is 8.42 Å². The molecule has 1 aromatic heterocycles. The van der Waals surface area contributed by atoms with E-state index in [0.29, 0.717) is 24.4 Å². The number of nitriles is 1. The molecule has 0 spiro atoms. The smallest absolute Gasteiger partial charge is 0.419 e. The average molecular weight is 522 g/mol. The second kappa shape index (κ2) is 9.53. The lowest BCUT2D eigenvalue weighted by Gasteiger charge is -2.27. The number of nitrogens with one attached hydrogen (secondary N) is 2. The molecule has 3 aromatic rings. The summed E-state index contributed by atoms with van der Waals surface area (Å²) in [5, 5.41) is 12.1. The normalized spacial score (nSPS) is 18.3. The van der Waals surface area contributed by atoms with Crippen LogP contribution in [-0.2, 0) is 22.6 Å². The monoisotopic (exact) mass is 521 g/mol. The number of ether oxygens (including phenoxy) is 1. The second-order valence-corrected chi connectivity index (χ2v) is 11.4. The zero-order valence-corrected chi connectivity index (χ0v) is 20.3. The van der Waals surface area contributed by atoms with Gasteiger partial charge in [0.05, 0.1) is 23.7 Å². The summed E-state index contributed by atoms with van der Waals surface area (Å²) in [4.78, 5) is 0.661. The number of hydrogen-bond acceptors (Lipinski definition) is 6. The van der Waals surface area contributed by atoms with Gasteiger partial charge in [0.25, 0.3) is 10.0 Å². The molecule has 0 unspecified atom stereocenters. The largest absolute Gasteiger partial charge is 0.485 e. The number of benzene rings is 2. The van der Waals surface area contributed by atoms with E-state index in [9.17, 15) is 21.6 Å². The predicted octanol–water partition coefficient (Wildman–Crippen LogP) is 5.43. The minimum atomic E-state index is -4.66. The third-order valence-corrected chi connectivity index (χ3v) is 8.62. The van der Waals surface area contributed by atoms with Crippen LogP contribution in [0.15, 0.2) is 58.8 Å². The van der Waals surface area contributed by atoms with Crippen LogP contribution in [-0.4, -0.2) is 27.1 Å². The summed E-state index contributed by atoms with van der Waals surface area (Å²) in [6.07, 6.45) is -3.96. The molecule has 6 nitrogen and oxygen atoms in total. The fourth-order valence-electron chi connectivity index (χ4n) is 3.87. The van der Waals surface area contributed by atoms with E-state index < -0.39 is 33.1 Å². The molecule has 1 aliphatic rings. The van der Waals surface area contributed by atoms with E-state index in [0.717, 1.165) is 40.7 Å². The molecule has 2 aromatic carbocycles. The fourth-order valence-corrected chi connectivity index (χ4v) is 6.28. The van der Waals surface area contributed by atoms with E-state index in [4.69, 9.17) is 10.00 Å². The Morgan fingerprint density at radius 1 is 1.20 bits per heavy atom. The minimum absolute atomic E-state index is 0.00594. The van der Waals surface area contributed by atoms with Gasteiger partial charge in [-0.2, -0.15) is 18.4 Å². The highest BCUT2D eigenvalue weighted by Crippen LogP contribution is 2.40. The summed E-state index contributed by atoms with van der Waals surface area (Å²) in [5.41, 5.74) is -0.322. The molecule has 1 aliphatic heterocycles. The lowest BCUT2D eigenvalue weighted by molar-refractivity contribution is -0.139. The quantitative estimate of drug-likeness (QED) is 0.433. The average Bonchev–Trinajstić information content (AvgIpc) is 3.43. The first-order valence-electron chi connectivity index (χ1n) is 10.7. The van der Waals surface area contributed by atoms with Crippen LogP contribution in [0, 0.1) is 11.3 Å². The van der Waals surface area contributed by atoms with E-state index >= 15 is 0 Å². The van der Waals surface area contributed by atoms with Crippen LogP contribution >= 0.6 is 11.3 Å². The molecule has 0 amide bonds. The third-order valence-electron chi connectivity index (χ3n) is 5.62. The summed E-state index contributed by atoms with van der Waals surface area (Å²) < 4.78 is 74.9. The van der Waals surface area contributed by atoms with Gasteiger partial charge in [-0.15, -0.1) is 11.3 Å². The predicted molar refractivity (Wildman–Crippen MR) is 128 cm³/mol. The highest BCUT2D eigenvalue weighted by molar-refractivity contribution is 7.94. The Hall–Kier alpha value is -3.07. The first-order chi connectivity index (χ1) is 16.5. The van der Waals surface area contributed by atoms with E-state index in [1.165, 1.54) is 6.07 Å². The molecule has 1 fully saturated rings. The van der Waals surface area contributed by atoms with Crippen LogP contribution in [0.3, 0.4) is 0 Å². The molecule has 0 aliphatic carbocycles. The summed E-state index contributed by atoms with van der Waals surface area (Å²) in [5.74, 6) is -0.429. The number of hydrogen-bond donors (Lipinski definition) is 2. The summed E-state index contributed by atoms with van der Waals surface area (Å²) in [6, 6.07) is 15.3. The van der Waals surface area contributed by atoms with Gasteiger partial charge in [-0.1, -0.05) is 24.3 Å². The maximum absolute atomic E-state index is 13.6. The number of alkyl halides is 3. The van der Waals surface area contributed by atoms with Gasteiger partial charge in [-0.3, -0.25) is 4.72 Å². The number of nitrogens with zero attached hydrogens (tertiary/aromatic N) is 1. The molecular weight excluding hydrogens is 499 g/mol. The Kier molecular flexibility index (Phi) is 6.81. The Morgan fingerprint density at radius 3 is 2.66 bits per heavy atom. The molecular formula is C24H22F3N3O3S2. The highest BCUT2D eigenvalue weighted by Gasteiger charge is 2.38. The lowest BCUT2D eigenvalue weighted by atomic mass is 10.0. The van der Waals surface area contributed by atoms with E-state index in [1.807, 2.05) is 0 Å². The number of rotatable bonds is 7. The molecule has 2 N–H and O–H groups in total. The van der Waals surface area contributed by atoms with E-state index in [-0.39, 0.29) is 16.3 Å². The van der Waals surface area contributed by atoms with Crippen molar-refractivity contribution in [1.82, 2.24) is 5.32 Å². The van der Waals surface area contributed by atoms with Gasteiger partial charge in [-0.05, 0) is 48.9 Å². The maximum atomic E-state index is 13.6. The summed E-state index contributed by atoms with van der Waals surface area (Å²) in [7, 11) is -4.08. The van der Waals surface area contributed by atoms with Crippen molar-refractivity contribution in [3.63, 3.8) is 0 Å². The van der Waals surface area contributed by atoms with Crippen LogP contribution in [0.5, 0.6) is 5.75 Å².